The monoisotopic (exact) mass is 200 g/mol. The average Bonchev–Trinajstić information content (AvgIpc) is 1.27. The maximum Gasteiger partial charge on any atom is 2.00 e. The minimum Gasteiger partial charge on any atom is -0.781 e. The first kappa shape index (κ1) is 11.6. The molecular weight excluding hydrogens is 198 g/mol. The van der Waals surface area contributed by atoms with Gasteiger partial charge in [-0.2, -0.15) is 0 Å². The van der Waals surface area contributed by atoms with E-state index < -0.39 is 16.5 Å². The molecular formula is H2FeO5P2. The second-order valence-electron chi connectivity index (χ2n) is 0.602. The summed E-state index contributed by atoms with van der Waals surface area (Å²) in [5.41, 5.74) is 0. The Morgan fingerprint density at radius 3 is 1.38 bits per heavy atom. The molecule has 2 atom stereocenters. The van der Waals surface area contributed by atoms with E-state index >= 15 is 0 Å². The maximum absolute atomic E-state index is 9.29. The summed E-state index contributed by atoms with van der Waals surface area (Å²) in [5.74, 6) is 0. The molecule has 0 spiro atoms. The fraction of sp³-hybridized carbons (Fsp3) is 0. The smallest absolute Gasteiger partial charge is 0.781 e. The fourth-order valence-corrected chi connectivity index (χ4v) is 0.612. The average molecular weight is 200 g/mol. The second kappa shape index (κ2) is 5.99. The first-order valence-corrected chi connectivity index (χ1v) is 3.67. The van der Waals surface area contributed by atoms with Gasteiger partial charge in [0.1, 0.15) is 16.5 Å². The van der Waals surface area contributed by atoms with Crippen LogP contribution in [-0.2, 0) is 30.5 Å². The Bertz CT molecular complexity index is 86.6. The van der Waals surface area contributed by atoms with Crippen molar-refractivity contribution in [1.82, 2.24) is 0 Å². The van der Waals surface area contributed by atoms with Gasteiger partial charge in [0.05, 0.1) is 0 Å². The van der Waals surface area contributed by atoms with E-state index in [1.165, 1.54) is 0 Å². The third-order valence-electron chi connectivity index (χ3n) is 0.167. The van der Waals surface area contributed by atoms with Crippen LogP contribution in [0.4, 0.5) is 0 Å². The molecule has 0 rings (SSSR count). The van der Waals surface area contributed by atoms with Crippen LogP contribution in [0.5, 0.6) is 0 Å². The third-order valence-corrected chi connectivity index (χ3v) is 1.50. The molecule has 0 saturated carbocycles. The van der Waals surface area contributed by atoms with Crippen LogP contribution in [0.15, 0.2) is 0 Å². The van der Waals surface area contributed by atoms with Crippen molar-refractivity contribution in [1.29, 1.82) is 0 Å². The van der Waals surface area contributed by atoms with Gasteiger partial charge in [-0.15, -0.1) is 0 Å². The Morgan fingerprint density at radius 1 is 1.12 bits per heavy atom. The van der Waals surface area contributed by atoms with Gasteiger partial charge >= 0.3 is 17.1 Å². The summed E-state index contributed by atoms with van der Waals surface area (Å²) < 4.78 is 21.8. The van der Waals surface area contributed by atoms with E-state index in [1.54, 1.807) is 0 Å². The molecule has 8 heavy (non-hydrogen) atoms. The summed E-state index contributed by atoms with van der Waals surface area (Å²) in [7, 11) is -7.03. The van der Waals surface area contributed by atoms with E-state index in [-0.39, 0.29) is 17.1 Å². The van der Waals surface area contributed by atoms with Crippen molar-refractivity contribution in [2.75, 3.05) is 0 Å². The summed E-state index contributed by atoms with van der Waals surface area (Å²) in [5, 5.41) is 0. The van der Waals surface area contributed by atoms with Crippen LogP contribution >= 0.6 is 16.5 Å². The molecule has 0 amide bonds. The Hall–Kier alpha value is 0.859. The molecule has 8 heteroatoms. The predicted molar refractivity (Wildman–Crippen MR) is 19.1 cm³/mol. The quantitative estimate of drug-likeness (QED) is 0.399. The zero-order valence-corrected chi connectivity index (χ0v) is 6.50. The molecule has 0 bridgehead atoms. The van der Waals surface area contributed by atoms with Crippen LogP contribution in [0.3, 0.4) is 0 Å². The fourth-order valence-electron chi connectivity index (χ4n) is 0.0680. The molecule has 0 aliphatic rings. The van der Waals surface area contributed by atoms with Gasteiger partial charge in [-0.3, -0.25) is 4.31 Å². The summed E-state index contributed by atoms with van der Waals surface area (Å²) in [4.78, 5) is 18.6. The normalized spacial score (nSPS) is 16.2. The molecule has 0 heterocycles. The van der Waals surface area contributed by atoms with Crippen LogP contribution in [0, 0.1) is 0 Å². The Labute approximate surface area is 57.4 Å². The molecule has 0 aromatic rings. The SMILES string of the molecule is O=[PH]([O-])O[PH](=O)[O-].[Fe+2]. The van der Waals surface area contributed by atoms with Crippen molar-refractivity contribution in [3.8, 4) is 0 Å². The topological polar surface area (TPSA) is 89.5 Å². The van der Waals surface area contributed by atoms with Crippen molar-refractivity contribution in [2.24, 2.45) is 0 Å². The number of rotatable bonds is 2. The second-order valence-corrected chi connectivity index (χ2v) is 2.42. The van der Waals surface area contributed by atoms with Gasteiger partial charge in [0.15, 0.2) is 0 Å². The van der Waals surface area contributed by atoms with Gasteiger partial charge < -0.3 is 18.9 Å². The predicted octanol–water partition coefficient (Wildman–Crippen LogP) is -1.50. The molecule has 2 unspecified atom stereocenters. The van der Waals surface area contributed by atoms with Crippen molar-refractivity contribution in [2.45, 2.75) is 0 Å². The van der Waals surface area contributed by atoms with Gasteiger partial charge in [0.2, 0.25) is 0 Å². The zero-order valence-electron chi connectivity index (χ0n) is 3.39. The summed E-state index contributed by atoms with van der Waals surface area (Å²) in [6, 6.07) is 0. The first-order chi connectivity index (χ1) is 3.13. The summed E-state index contributed by atoms with van der Waals surface area (Å²) in [6.45, 7) is 0. The number of hydrogen-bond acceptors (Lipinski definition) is 5. The van der Waals surface area contributed by atoms with Crippen LogP contribution in [-0.4, -0.2) is 0 Å². The molecule has 0 radical (unpaired) electrons. The van der Waals surface area contributed by atoms with Crippen LogP contribution < -0.4 is 9.79 Å². The van der Waals surface area contributed by atoms with Gasteiger partial charge in [-0.25, -0.2) is 0 Å². The Kier molecular flexibility index (Phi) is 8.70. The third kappa shape index (κ3) is 9.97. The van der Waals surface area contributed by atoms with E-state index in [2.05, 4.69) is 4.31 Å². The van der Waals surface area contributed by atoms with E-state index in [0.29, 0.717) is 0 Å². The van der Waals surface area contributed by atoms with Crippen molar-refractivity contribution in [3.05, 3.63) is 0 Å². The minimum atomic E-state index is -3.51. The molecule has 5 nitrogen and oxygen atoms in total. The van der Waals surface area contributed by atoms with Gasteiger partial charge in [0, 0.05) is 0 Å². The van der Waals surface area contributed by atoms with Crippen molar-refractivity contribution >= 4 is 16.5 Å². The molecule has 50 valence electrons. The molecule has 0 N–H and O–H groups in total. The number of hydrogen-bond donors (Lipinski definition) is 0. The zero-order chi connectivity index (χ0) is 5.86. The van der Waals surface area contributed by atoms with Gasteiger partial charge in [0.25, 0.3) is 0 Å². The molecule has 0 saturated heterocycles. The molecule has 0 aliphatic heterocycles. The van der Waals surface area contributed by atoms with Gasteiger partial charge in [-0.05, 0) is 0 Å². The maximum atomic E-state index is 9.29. The van der Waals surface area contributed by atoms with Crippen molar-refractivity contribution < 1.29 is 40.3 Å². The van der Waals surface area contributed by atoms with Crippen LogP contribution in [0.1, 0.15) is 0 Å². The van der Waals surface area contributed by atoms with E-state index in [4.69, 9.17) is 0 Å². The van der Waals surface area contributed by atoms with E-state index in [1.807, 2.05) is 0 Å². The molecule has 0 fully saturated rings. The Morgan fingerprint density at radius 2 is 1.38 bits per heavy atom. The van der Waals surface area contributed by atoms with Crippen molar-refractivity contribution in [3.63, 3.8) is 0 Å². The largest absolute Gasteiger partial charge is 2.00 e. The van der Waals surface area contributed by atoms with Crippen LogP contribution in [0.25, 0.3) is 0 Å². The molecule has 0 aliphatic carbocycles. The van der Waals surface area contributed by atoms with Crippen LogP contribution in [0.2, 0.25) is 0 Å². The first-order valence-electron chi connectivity index (χ1n) is 1.22. The van der Waals surface area contributed by atoms with E-state index in [9.17, 15) is 18.9 Å². The van der Waals surface area contributed by atoms with Gasteiger partial charge in [-0.1, -0.05) is 0 Å². The Balaban J connectivity index is 0. The standard InChI is InChI=1S/Fe.H4O5P2/c;1-6(2)5-7(3)4/h;6-7H,(H,1,2)(H,3,4)/q+2;/p-2. The molecule has 0 aromatic heterocycles. The van der Waals surface area contributed by atoms with E-state index in [0.717, 1.165) is 0 Å². The minimum absolute atomic E-state index is 0. The summed E-state index contributed by atoms with van der Waals surface area (Å²) in [6.07, 6.45) is 0. The summed E-state index contributed by atoms with van der Waals surface area (Å²) >= 11 is 0. The molecule has 0 aromatic carbocycles.